The standard InChI is InChI=1S/C11H12Br2O3/c1-15-10-4-2-8(3-5-10)11(14)16-7-9(13)6-12/h2-5,9H,6-7H2,1H3/t9-/m1/s1. The van der Waals surface area contributed by atoms with Gasteiger partial charge in [0.2, 0.25) is 0 Å². The van der Waals surface area contributed by atoms with Crippen LogP contribution in [0.1, 0.15) is 10.4 Å². The summed E-state index contributed by atoms with van der Waals surface area (Å²) in [6, 6.07) is 6.82. The summed E-state index contributed by atoms with van der Waals surface area (Å²) in [5.41, 5.74) is 0.523. The monoisotopic (exact) mass is 350 g/mol. The summed E-state index contributed by atoms with van der Waals surface area (Å²) in [5.74, 6) is 0.392. The van der Waals surface area contributed by atoms with Crippen molar-refractivity contribution in [3.63, 3.8) is 0 Å². The molecule has 3 nitrogen and oxygen atoms in total. The van der Waals surface area contributed by atoms with Gasteiger partial charge in [0.1, 0.15) is 12.4 Å². The van der Waals surface area contributed by atoms with E-state index in [1.165, 1.54) is 0 Å². The fourth-order valence-corrected chi connectivity index (χ4v) is 1.34. The number of ether oxygens (including phenoxy) is 2. The van der Waals surface area contributed by atoms with Crippen molar-refractivity contribution in [2.75, 3.05) is 19.0 Å². The molecule has 1 rings (SSSR count). The van der Waals surface area contributed by atoms with Gasteiger partial charge in [0.15, 0.2) is 0 Å². The van der Waals surface area contributed by atoms with E-state index >= 15 is 0 Å². The van der Waals surface area contributed by atoms with Crippen LogP contribution in [0.25, 0.3) is 0 Å². The van der Waals surface area contributed by atoms with Crippen LogP contribution in [0.4, 0.5) is 0 Å². The fraction of sp³-hybridized carbons (Fsp3) is 0.364. The number of hydrogen-bond acceptors (Lipinski definition) is 3. The molecule has 0 bridgehead atoms. The maximum Gasteiger partial charge on any atom is 0.338 e. The van der Waals surface area contributed by atoms with Gasteiger partial charge in [-0.25, -0.2) is 4.79 Å². The summed E-state index contributed by atoms with van der Waals surface area (Å²) in [5, 5.41) is 0.739. The first-order valence-corrected chi connectivity index (χ1v) is 6.72. The molecule has 0 amide bonds. The first-order chi connectivity index (χ1) is 7.67. The molecule has 0 unspecified atom stereocenters. The van der Waals surface area contributed by atoms with E-state index in [0.717, 1.165) is 11.1 Å². The number of hydrogen-bond donors (Lipinski definition) is 0. The Morgan fingerprint density at radius 3 is 2.50 bits per heavy atom. The highest BCUT2D eigenvalue weighted by Gasteiger charge is 2.09. The molecular formula is C11H12Br2O3. The van der Waals surface area contributed by atoms with E-state index in [4.69, 9.17) is 9.47 Å². The predicted molar refractivity (Wildman–Crippen MR) is 69.8 cm³/mol. The quantitative estimate of drug-likeness (QED) is 0.604. The van der Waals surface area contributed by atoms with Gasteiger partial charge in [-0.1, -0.05) is 31.9 Å². The number of halogens is 2. The van der Waals surface area contributed by atoms with Crippen LogP contribution in [-0.4, -0.2) is 29.8 Å². The molecule has 0 aliphatic heterocycles. The molecule has 5 heteroatoms. The van der Waals surface area contributed by atoms with Crippen molar-refractivity contribution in [3.05, 3.63) is 29.8 Å². The molecule has 0 radical (unpaired) electrons. The number of alkyl halides is 2. The third kappa shape index (κ3) is 4.14. The Kier molecular flexibility index (Phi) is 5.84. The molecule has 0 spiro atoms. The summed E-state index contributed by atoms with van der Waals surface area (Å²) in [4.78, 5) is 11.7. The number of methoxy groups -OCH3 is 1. The van der Waals surface area contributed by atoms with E-state index in [0.29, 0.717) is 12.2 Å². The lowest BCUT2D eigenvalue weighted by Crippen LogP contribution is -2.14. The SMILES string of the molecule is COc1ccc(C(=O)OC[C@H](Br)CBr)cc1. The van der Waals surface area contributed by atoms with E-state index in [1.54, 1.807) is 31.4 Å². The first-order valence-electron chi connectivity index (χ1n) is 4.68. The first kappa shape index (κ1) is 13.5. The van der Waals surface area contributed by atoms with Crippen molar-refractivity contribution in [3.8, 4) is 5.75 Å². The van der Waals surface area contributed by atoms with E-state index in [2.05, 4.69) is 31.9 Å². The molecule has 1 aromatic rings. The normalized spacial score (nSPS) is 11.9. The van der Waals surface area contributed by atoms with Gasteiger partial charge in [-0.2, -0.15) is 0 Å². The highest BCUT2D eigenvalue weighted by molar-refractivity contribution is 9.12. The van der Waals surface area contributed by atoms with E-state index in [-0.39, 0.29) is 10.8 Å². The van der Waals surface area contributed by atoms with Crippen LogP contribution < -0.4 is 4.74 Å². The Labute approximate surface area is 111 Å². The van der Waals surface area contributed by atoms with Gasteiger partial charge in [-0.15, -0.1) is 0 Å². The summed E-state index contributed by atoms with van der Waals surface area (Å²) in [6.07, 6.45) is 0. The number of esters is 1. The summed E-state index contributed by atoms with van der Waals surface area (Å²) < 4.78 is 10.1. The number of rotatable bonds is 5. The van der Waals surface area contributed by atoms with Crippen LogP contribution in [0.15, 0.2) is 24.3 Å². The second-order valence-corrected chi connectivity index (χ2v) is 5.02. The molecule has 1 atom stereocenters. The van der Waals surface area contributed by atoms with Gasteiger partial charge in [-0.05, 0) is 24.3 Å². The maximum atomic E-state index is 11.6. The van der Waals surface area contributed by atoms with Gasteiger partial charge in [0.05, 0.1) is 17.5 Å². The fourth-order valence-electron chi connectivity index (χ4n) is 1.02. The summed E-state index contributed by atoms with van der Waals surface area (Å²) in [6.45, 7) is 0.343. The highest BCUT2D eigenvalue weighted by atomic mass is 79.9. The lowest BCUT2D eigenvalue weighted by Gasteiger charge is -2.08. The Hall–Kier alpha value is -0.550. The van der Waals surface area contributed by atoms with Gasteiger partial charge >= 0.3 is 5.97 Å². The molecule has 0 fully saturated rings. The summed E-state index contributed by atoms with van der Waals surface area (Å²) in [7, 11) is 1.58. The molecule has 88 valence electrons. The van der Waals surface area contributed by atoms with E-state index in [9.17, 15) is 4.79 Å². The summed E-state index contributed by atoms with van der Waals surface area (Å²) >= 11 is 6.64. The minimum absolute atomic E-state index is 0.134. The van der Waals surface area contributed by atoms with Crippen molar-refractivity contribution in [1.82, 2.24) is 0 Å². The van der Waals surface area contributed by atoms with Crippen LogP contribution in [0.3, 0.4) is 0 Å². The van der Waals surface area contributed by atoms with Crippen molar-refractivity contribution in [1.29, 1.82) is 0 Å². The second-order valence-electron chi connectivity index (χ2n) is 3.08. The van der Waals surface area contributed by atoms with Crippen molar-refractivity contribution in [2.45, 2.75) is 4.83 Å². The molecule has 0 aliphatic rings. The zero-order chi connectivity index (χ0) is 12.0. The molecule has 0 saturated carbocycles. The molecule has 16 heavy (non-hydrogen) atoms. The van der Waals surface area contributed by atoms with E-state index in [1.807, 2.05) is 0 Å². The Bertz CT molecular complexity index is 338. The van der Waals surface area contributed by atoms with Gasteiger partial charge in [-0.3, -0.25) is 0 Å². The van der Waals surface area contributed by atoms with Gasteiger partial charge in [0.25, 0.3) is 0 Å². The number of benzene rings is 1. The van der Waals surface area contributed by atoms with Gasteiger partial charge < -0.3 is 9.47 Å². The third-order valence-electron chi connectivity index (χ3n) is 1.89. The predicted octanol–water partition coefficient (Wildman–Crippen LogP) is 3.01. The van der Waals surface area contributed by atoms with Crippen molar-refractivity contribution in [2.24, 2.45) is 0 Å². The second kappa shape index (κ2) is 6.91. The lowest BCUT2D eigenvalue weighted by atomic mass is 10.2. The average molecular weight is 352 g/mol. The maximum absolute atomic E-state index is 11.6. The average Bonchev–Trinajstić information content (AvgIpc) is 2.35. The van der Waals surface area contributed by atoms with Crippen molar-refractivity contribution >= 4 is 37.8 Å². The zero-order valence-corrected chi connectivity index (χ0v) is 12.0. The molecule has 0 aliphatic carbocycles. The van der Waals surface area contributed by atoms with Crippen LogP contribution in [0.5, 0.6) is 5.75 Å². The topological polar surface area (TPSA) is 35.5 Å². The lowest BCUT2D eigenvalue weighted by molar-refractivity contribution is 0.0513. The number of carbonyl (C=O) groups excluding carboxylic acids is 1. The molecular weight excluding hydrogens is 340 g/mol. The van der Waals surface area contributed by atoms with Gasteiger partial charge in [0, 0.05) is 5.33 Å². The minimum Gasteiger partial charge on any atom is -0.497 e. The molecule has 0 N–H and O–H groups in total. The van der Waals surface area contributed by atoms with E-state index < -0.39 is 0 Å². The highest BCUT2D eigenvalue weighted by Crippen LogP contribution is 2.13. The van der Waals surface area contributed by atoms with Crippen LogP contribution >= 0.6 is 31.9 Å². The Morgan fingerprint density at radius 1 is 1.38 bits per heavy atom. The molecule has 0 heterocycles. The molecule has 0 aromatic heterocycles. The van der Waals surface area contributed by atoms with Crippen LogP contribution in [-0.2, 0) is 4.74 Å². The van der Waals surface area contributed by atoms with Crippen molar-refractivity contribution < 1.29 is 14.3 Å². The third-order valence-corrected chi connectivity index (χ3v) is 4.13. The Balaban J connectivity index is 2.52. The smallest absolute Gasteiger partial charge is 0.338 e. The Morgan fingerprint density at radius 2 is 2.00 bits per heavy atom. The molecule has 1 aromatic carbocycles. The van der Waals surface area contributed by atoms with Crippen LogP contribution in [0, 0.1) is 0 Å². The minimum atomic E-state index is -0.326. The zero-order valence-electron chi connectivity index (χ0n) is 8.78. The van der Waals surface area contributed by atoms with Crippen LogP contribution in [0.2, 0.25) is 0 Å². The number of carbonyl (C=O) groups is 1. The molecule has 0 saturated heterocycles. The largest absolute Gasteiger partial charge is 0.497 e.